The number of Topliss-reactive ketones (excluding diaryl/α,β-unsaturated/α-hetero) is 1. The number of nitrogens with one attached hydrogen (secondary N) is 1. The summed E-state index contributed by atoms with van der Waals surface area (Å²) in [6, 6.07) is 3.55. The Kier molecular flexibility index (Phi) is 4.43. The molecule has 0 aromatic carbocycles. The van der Waals surface area contributed by atoms with Gasteiger partial charge in [0.05, 0.1) is 11.3 Å². The molecule has 0 fully saturated rings. The first kappa shape index (κ1) is 16.2. The third-order valence-electron chi connectivity index (χ3n) is 3.59. The molecule has 1 aliphatic carbocycles. The first-order valence-corrected chi connectivity index (χ1v) is 7.43. The van der Waals surface area contributed by atoms with Crippen LogP contribution < -0.4 is 5.32 Å². The van der Waals surface area contributed by atoms with E-state index < -0.39 is 0 Å². The number of carbonyl (C=O) groups is 2. The normalized spacial score (nSPS) is 13.8. The molecule has 1 N–H and O–H groups in total. The van der Waals surface area contributed by atoms with Crippen molar-refractivity contribution in [1.29, 1.82) is 0 Å². The molecular weight excluding hydrogens is 316 g/mol. The van der Waals surface area contributed by atoms with Crippen LogP contribution in [0.15, 0.2) is 74.0 Å². The molecule has 2 heterocycles. The molecular formula is C19H14N4O2. The van der Waals surface area contributed by atoms with Gasteiger partial charge in [-0.2, -0.15) is 0 Å². The lowest BCUT2D eigenvalue weighted by molar-refractivity contribution is 0.0981. The van der Waals surface area contributed by atoms with Crippen molar-refractivity contribution < 1.29 is 9.59 Å². The quantitative estimate of drug-likeness (QED) is 0.848. The smallest absolute Gasteiger partial charge is 0.213 e. The van der Waals surface area contributed by atoms with E-state index in [0.717, 1.165) is 11.1 Å². The predicted molar refractivity (Wildman–Crippen MR) is 95.0 cm³/mol. The van der Waals surface area contributed by atoms with Gasteiger partial charge in [0.2, 0.25) is 11.6 Å². The van der Waals surface area contributed by atoms with Crippen molar-refractivity contribution >= 4 is 23.0 Å². The molecule has 1 aliphatic rings. The first-order chi connectivity index (χ1) is 12.1. The number of pyridine rings is 1. The zero-order valence-electron chi connectivity index (χ0n) is 13.3. The van der Waals surface area contributed by atoms with E-state index in [1.54, 1.807) is 24.4 Å². The maximum absolute atomic E-state index is 12.4. The maximum atomic E-state index is 12.4. The summed E-state index contributed by atoms with van der Waals surface area (Å²) >= 11 is 0. The van der Waals surface area contributed by atoms with Crippen LogP contribution in [0.1, 0.15) is 26.4 Å². The summed E-state index contributed by atoms with van der Waals surface area (Å²) < 4.78 is 0. The molecule has 0 aliphatic heterocycles. The van der Waals surface area contributed by atoms with Gasteiger partial charge in [-0.15, -0.1) is 0 Å². The lowest BCUT2D eigenvalue weighted by atomic mass is 9.98. The number of hydrogen-bond acceptors (Lipinski definition) is 6. The summed E-state index contributed by atoms with van der Waals surface area (Å²) in [6.45, 7) is 7.41. The van der Waals surface area contributed by atoms with Gasteiger partial charge in [-0.25, -0.2) is 15.0 Å². The molecule has 2 aromatic heterocycles. The van der Waals surface area contributed by atoms with Crippen molar-refractivity contribution in [1.82, 2.24) is 15.0 Å². The predicted octanol–water partition coefficient (Wildman–Crippen LogP) is 3.00. The molecule has 0 atom stereocenters. The number of rotatable bonds is 5. The minimum absolute atomic E-state index is 0.110. The average Bonchev–Trinajstić information content (AvgIpc) is 2.65. The summed E-state index contributed by atoms with van der Waals surface area (Å²) in [7, 11) is 0. The maximum Gasteiger partial charge on any atom is 0.213 e. The number of carbonyl (C=O) groups excluding carboxylic acids is 2. The Hall–Kier alpha value is -3.67. The molecule has 0 unspecified atom stereocenters. The van der Waals surface area contributed by atoms with Gasteiger partial charge in [0.25, 0.3) is 0 Å². The standard InChI is InChI=1S/C19H14N4O2/c1-3-5-12(4-2)13-6-7-17(21-9-13)23-15-8-16(24)18-14(19(15)25)10-20-11-22-18/h3-11H,1-2H2,(H,21,23)/b12-5+. The van der Waals surface area contributed by atoms with Gasteiger partial charge >= 0.3 is 0 Å². The Morgan fingerprint density at radius 1 is 1.12 bits per heavy atom. The SMILES string of the molecule is C=C/C=C(\C=C)c1ccc(NC2=CC(=O)c3ncncc3C2=O)nc1. The van der Waals surface area contributed by atoms with E-state index in [9.17, 15) is 9.59 Å². The van der Waals surface area contributed by atoms with Crippen LogP contribution in [0.4, 0.5) is 5.82 Å². The van der Waals surface area contributed by atoms with E-state index in [0.29, 0.717) is 5.82 Å². The summed E-state index contributed by atoms with van der Waals surface area (Å²) in [4.78, 5) is 36.5. The number of ketones is 2. The van der Waals surface area contributed by atoms with Crippen molar-refractivity contribution in [2.75, 3.05) is 5.32 Å². The number of hydrogen-bond donors (Lipinski definition) is 1. The second kappa shape index (κ2) is 6.84. The zero-order valence-corrected chi connectivity index (χ0v) is 13.3. The fraction of sp³-hybridized carbons (Fsp3) is 0. The third kappa shape index (κ3) is 3.18. The van der Waals surface area contributed by atoms with Crippen LogP contribution >= 0.6 is 0 Å². The van der Waals surface area contributed by atoms with Crippen molar-refractivity contribution in [2.24, 2.45) is 0 Å². The molecule has 0 saturated heterocycles. The molecule has 122 valence electrons. The Balaban J connectivity index is 1.85. The van der Waals surface area contributed by atoms with Crippen molar-refractivity contribution in [3.63, 3.8) is 0 Å². The second-order valence-corrected chi connectivity index (χ2v) is 5.16. The number of nitrogens with zero attached hydrogens (tertiary/aromatic N) is 3. The Morgan fingerprint density at radius 2 is 1.96 bits per heavy atom. The van der Waals surface area contributed by atoms with E-state index in [1.165, 1.54) is 18.6 Å². The van der Waals surface area contributed by atoms with E-state index in [4.69, 9.17) is 0 Å². The minimum Gasteiger partial charge on any atom is -0.337 e. The van der Waals surface area contributed by atoms with E-state index in [-0.39, 0.29) is 28.5 Å². The van der Waals surface area contributed by atoms with Crippen LogP contribution in [0.25, 0.3) is 5.57 Å². The Morgan fingerprint density at radius 3 is 2.64 bits per heavy atom. The van der Waals surface area contributed by atoms with Crippen LogP contribution in [0.5, 0.6) is 0 Å². The molecule has 0 spiro atoms. The zero-order chi connectivity index (χ0) is 17.8. The fourth-order valence-corrected chi connectivity index (χ4v) is 2.38. The molecule has 6 nitrogen and oxygen atoms in total. The van der Waals surface area contributed by atoms with Crippen molar-refractivity contribution in [3.05, 3.63) is 90.8 Å². The van der Waals surface area contributed by atoms with Gasteiger partial charge in [0, 0.05) is 24.0 Å². The fourth-order valence-electron chi connectivity index (χ4n) is 2.38. The number of aromatic nitrogens is 3. The monoisotopic (exact) mass is 330 g/mol. The first-order valence-electron chi connectivity index (χ1n) is 7.43. The van der Waals surface area contributed by atoms with Gasteiger partial charge in [-0.3, -0.25) is 9.59 Å². The number of anilines is 1. The molecule has 6 heteroatoms. The second-order valence-electron chi connectivity index (χ2n) is 5.16. The van der Waals surface area contributed by atoms with E-state index >= 15 is 0 Å². The molecule has 25 heavy (non-hydrogen) atoms. The summed E-state index contributed by atoms with van der Waals surface area (Å²) in [6.07, 6.45) is 10.6. The lowest BCUT2D eigenvalue weighted by Gasteiger charge is -2.15. The average molecular weight is 330 g/mol. The van der Waals surface area contributed by atoms with Crippen molar-refractivity contribution in [3.8, 4) is 0 Å². The van der Waals surface area contributed by atoms with Crippen LogP contribution in [0, 0.1) is 0 Å². The van der Waals surface area contributed by atoms with Gasteiger partial charge in [-0.05, 0) is 17.7 Å². The summed E-state index contributed by atoms with van der Waals surface area (Å²) in [5.74, 6) is -0.253. The molecule has 2 aromatic rings. The van der Waals surface area contributed by atoms with E-state index in [2.05, 4.69) is 33.4 Å². The summed E-state index contributed by atoms with van der Waals surface area (Å²) in [5, 5.41) is 2.88. The number of allylic oxidation sites excluding steroid dienone is 6. The minimum atomic E-state index is -0.348. The van der Waals surface area contributed by atoms with E-state index in [1.807, 2.05) is 12.1 Å². The topological polar surface area (TPSA) is 84.8 Å². The van der Waals surface area contributed by atoms with Crippen LogP contribution in [-0.2, 0) is 0 Å². The third-order valence-corrected chi connectivity index (χ3v) is 3.59. The molecule has 0 bridgehead atoms. The van der Waals surface area contributed by atoms with Crippen LogP contribution in [0.3, 0.4) is 0 Å². The molecule has 3 rings (SSSR count). The summed E-state index contributed by atoms with van der Waals surface area (Å²) in [5.41, 5.74) is 2.16. The van der Waals surface area contributed by atoms with Crippen molar-refractivity contribution in [2.45, 2.75) is 0 Å². The van der Waals surface area contributed by atoms with Gasteiger partial charge in [0.1, 0.15) is 17.8 Å². The highest BCUT2D eigenvalue weighted by Crippen LogP contribution is 2.21. The molecule has 0 amide bonds. The van der Waals surface area contributed by atoms with Gasteiger partial charge in [0.15, 0.2) is 0 Å². The highest BCUT2D eigenvalue weighted by atomic mass is 16.1. The number of fused-ring (bicyclic) bond motifs is 1. The molecule has 0 radical (unpaired) electrons. The highest BCUT2D eigenvalue weighted by Gasteiger charge is 2.27. The Labute approximate surface area is 144 Å². The van der Waals surface area contributed by atoms with Gasteiger partial charge in [-0.1, -0.05) is 31.4 Å². The van der Waals surface area contributed by atoms with Gasteiger partial charge < -0.3 is 5.32 Å². The molecule has 0 saturated carbocycles. The van der Waals surface area contributed by atoms with Crippen LogP contribution in [-0.4, -0.2) is 26.5 Å². The largest absolute Gasteiger partial charge is 0.337 e. The highest BCUT2D eigenvalue weighted by molar-refractivity contribution is 6.24. The lowest BCUT2D eigenvalue weighted by Crippen LogP contribution is -2.23. The Bertz CT molecular complexity index is 940. The van der Waals surface area contributed by atoms with Crippen LogP contribution in [0.2, 0.25) is 0 Å².